The molecule has 2 atom stereocenters. The van der Waals surface area contributed by atoms with Crippen LogP contribution in [0.1, 0.15) is 96.0 Å². The minimum absolute atomic E-state index is 0.0622. The summed E-state index contributed by atoms with van der Waals surface area (Å²) in [6.45, 7) is 16.8. The molecule has 0 aliphatic rings. The Morgan fingerprint density at radius 3 is 1.80 bits per heavy atom. The zero-order valence-corrected chi connectivity index (χ0v) is 23.4. The number of allylic oxidation sites excluding steroid dienone is 4. The molecular weight excluding hydrogens is 434 g/mol. The van der Waals surface area contributed by atoms with E-state index in [0.29, 0.717) is 25.0 Å². The lowest BCUT2D eigenvalue weighted by atomic mass is 10.0. The van der Waals surface area contributed by atoms with Gasteiger partial charge in [-0.2, -0.15) is 5.26 Å². The Morgan fingerprint density at radius 1 is 0.857 bits per heavy atom. The zero-order valence-electron chi connectivity index (χ0n) is 23.4. The first kappa shape index (κ1) is 32.8. The van der Waals surface area contributed by atoms with Crippen molar-refractivity contribution in [2.75, 3.05) is 26.4 Å². The van der Waals surface area contributed by atoms with Gasteiger partial charge in [0.2, 0.25) is 0 Å². The standard InChI is InChI=1S/C19H28O2.C12H21NO/c1-15(2)6-5-7-16(3)12-13-21-14-19(20)18-10-8-17(4)9-11-18;1-11(2)5-4-6-12(3)7-9-14-10-8-13/h6,8-11,16H,5,7,12-14H2,1-4H3;5,12H,4,6-7,9-10H2,1-3H3. The molecule has 0 radical (unpaired) electrons. The lowest BCUT2D eigenvalue weighted by Crippen LogP contribution is -2.11. The summed E-state index contributed by atoms with van der Waals surface area (Å²) >= 11 is 0. The van der Waals surface area contributed by atoms with Crippen LogP contribution in [0.25, 0.3) is 0 Å². The number of nitrogens with zero attached hydrogens (tertiary/aromatic N) is 1. The maximum atomic E-state index is 11.9. The number of ether oxygens (including phenoxy) is 2. The second-order valence-corrected chi connectivity index (χ2v) is 10.1. The van der Waals surface area contributed by atoms with E-state index >= 15 is 0 Å². The number of nitriles is 1. The lowest BCUT2D eigenvalue weighted by molar-refractivity contribution is 0.0734. The molecule has 0 bridgehead atoms. The van der Waals surface area contributed by atoms with Crippen molar-refractivity contribution < 1.29 is 14.3 Å². The molecule has 0 aliphatic heterocycles. The van der Waals surface area contributed by atoms with Crippen LogP contribution >= 0.6 is 0 Å². The van der Waals surface area contributed by atoms with Gasteiger partial charge >= 0.3 is 0 Å². The summed E-state index contributed by atoms with van der Waals surface area (Å²) in [4.78, 5) is 11.9. The van der Waals surface area contributed by atoms with Gasteiger partial charge in [-0.1, -0.05) is 67.0 Å². The number of carbonyl (C=O) groups excluding carboxylic acids is 1. The number of ketones is 1. The highest BCUT2D eigenvalue weighted by Gasteiger charge is 2.07. The third-order valence-corrected chi connectivity index (χ3v) is 5.71. The topological polar surface area (TPSA) is 59.3 Å². The number of carbonyl (C=O) groups is 1. The van der Waals surface area contributed by atoms with Gasteiger partial charge in [-0.15, -0.1) is 0 Å². The molecule has 4 heteroatoms. The number of hydrogen-bond donors (Lipinski definition) is 0. The summed E-state index contributed by atoms with van der Waals surface area (Å²) in [6, 6.07) is 9.61. The highest BCUT2D eigenvalue weighted by Crippen LogP contribution is 2.13. The van der Waals surface area contributed by atoms with Gasteiger partial charge < -0.3 is 9.47 Å². The van der Waals surface area contributed by atoms with Gasteiger partial charge in [-0.3, -0.25) is 4.79 Å². The normalized spacial score (nSPS) is 11.9. The number of rotatable bonds is 16. The number of benzene rings is 1. The van der Waals surface area contributed by atoms with E-state index in [1.807, 2.05) is 37.3 Å². The van der Waals surface area contributed by atoms with Crippen LogP contribution in [0.2, 0.25) is 0 Å². The molecule has 0 spiro atoms. The Balaban J connectivity index is 0.000000720. The highest BCUT2D eigenvalue weighted by molar-refractivity contribution is 5.97. The maximum Gasteiger partial charge on any atom is 0.188 e. The first-order valence-corrected chi connectivity index (χ1v) is 13.0. The second-order valence-electron chi connectivity index (χ2n) is 10.1. The van der Waals surface area contributed by atoms with Crippen LogP contribution in [0.3, 0.4) is 0 Å². The second kappa shape index (κ2) is 21.1. The Morgan fingerprint density at radius 2 is 1.34 bits per heavy atom. The summed E-state index contributed by atoms with van der Waals surface area (Å²) in [5.41, 5.74) is 4.66. The van der Waals surface area contributed by atoms with E-state index in [0.717, 1.165) is 36.8 Å². The van der Waals surface area contributed by atoms with Crippen LogP contribution in [0.4, 0.5) is 0 Å². The van der Waals surface area contributed by atoms with Crippen LogP contribution in [-0.2, 0) is 9.47 Å². The van der Waals surface area contributed by atoms with Crippen LogP contribution in [0, 0.1) is 30.1 Å². The zero-order chi connectivity index (χ0) is 26.5. The lowest BCUT2D eigenvalue weighted by Gasteiger charge is -2.10. The minimum Gasteiger partial charge on any atom is -0.373 e. The molecule has 1 rings (SSSR count). The molecule has 2 unspecified atom stereocenters. The molecule has 1 aromatic carbocycles. The molecule has 0 amide bonds. The molecule has 0 saturated carbocycles. The van der Waals surface area contributed by atoms with Gasteiger partial charge in [-0.05, 0) is 85.0 Å². The number of hydrogen-bond acceptors (Lipinski definition) is 4. The van der Waals surface area contributed by atoms with Crippen molar-refractivity contribution in [3.8, 4) is 6.07 Å². The smallest absolute Gasteiger partial charge is 0.188 e. The molecule has 196 valence electrons. The van der Waals surface area contributed by atoms with Crippen molar-refractivity contribution in [3.63, 3.8) is 0 Å². The van der Waals surface area contributed by atoms with Gasteiger partial charge in [0.25, 0.3) is 0 Å². The summed E-state index contributed by atoms with van der Waals surface area (Å²) in [7, 11) is 0. The predicted octanol–water partition coefficient (Wildman–Crippen LogP) is 8.27. The Kier molecular flexibility index (Phi) is 19.8. The first-order chi connectivity index (χ1) is 16.6. The van der Waals surface area contributed by atoms with E-state index < -0.39 is 0 Å². The van der Waals surface area contributed by atoms with Gasteiger partial charge in [-0.25, -0.2) is 0 Å². The summed E-state index contributed by atoms with van der Waals surface area (Å²) in [5.74, 6) is 1.38. The number of Topliss-reactive ketones (excluding diaryl/α,β-unsaturated/α-hetero) is 1. The van der Waals surface area contributed by atoms with Crippen molar-refractivity contribution in [1.82, 2.24) is 0 Å². The van der Waals surface area contributed by atoms with Crippen LogP contribution in [0.15, 0.2) is 47.6 Å². The monoisotopic (exact) mass is 483 g/mol. The van der Waals surface area contributed by atoms with Crippen LogP contribution < -0.4 is 0 Å². The Labute approximate surface area is 215 Å². The van der Waals surface area contributed by atoms with E-state index in [4.69, 9.17) is 14.7 Å². The van der Waals surface area contributed by atoms with E-state index in [2.05, 4.69) is 53.7 Å². The quantitative estimate of drug-likeness (QED) is 0.135. The molecule has 0 saturated heterocycles. The largest absolute Gasteiger partial charge is 0.373 e. The molecule has 4 nitrogen and oxygen atoms in total. The fourth-order valence-corrected chi connectivity index (χ4v) is 3.28. The summed E-state index contributed by atoms with van der Waals surface area (Å²) in [6.07, 6.45) is 11.3. The Hall–Kier alpha value is -2.22. The average molecular weight is 484 g/mol. The highest BCUT2D eigenvalue weighted by atomic mass is 16.5. The summed E-state index contributed by atoms with van der Waals surface area (Å²) in [5, 5.41) is 8.25. The van der Waals surface area contributed by atoms with Crippen molar-refractivity contribution in [2.45, 2.75) is 87.0 Å². The molecular formula is C31H49NO3. The third-order valence-electron chi connectivity index (χ3n) is 5.71. The number of aryl methyl sites for hydroxylation is 1. The van der Waals surface area contributed by atoms with Gasteiger partial charge in [0, 0.05) is 18.8 Å². The van der Waals surface area contributed by atoms with E-state index in [1.165, 1.54) is 24.0 Å². The fraction of sp³-hybridized carbons (Fsp3) is 0.613. The average Bonchev–Trinajstić information content (AvgIpc) is 2.80. The van der Waals surface area contributed by atoms with Gasteiger partial charge in [0.05, 0.1) is 6.07 Å². The van der Waals surface area contributed by atoms with Gasteiger partial charge in [0.15, 0.2) is 5.78 Å². The van der Waals surface area contributed by atoms with Crippen molar-refractivity contribution in [2.24, 2.45) is 11.8 Å². The molecule has 0 aliphatic carbocycles. The van der Waals surface area contributed by atoms with E-state index in [9.17, 15) is 4.79 Å². The van der Waals surface area contributed by atoms with Crippen molar-refractivity contribution in [1.29, 1.82) is 5.26 Å². The molecule has 0 heterocycles. The van der Waals surface area contributed by atoms with Crippen LogP contribution in [-0.4, -0.2) is 32.2 Å². The van der Waals surface area contributed by atoms with Gasteiger partial charge in [0.1, 0.15) is 13.2 Å². The molecule has 35 heavy (non-hydrogen) atoms. The minimum atomic E-state index is 0.0622. The fourth-order valence-electron chi connectivity index (χ4n) is 3.28. The molecule has 0 N–H and O–H groups in total. The third kappa shape index (κ3) is 20.8. The molecule has 0 aromatic heterocycles. The maximum absolute atomic E-state index is 11.9. The van der Waals surface area contributed by atoms with Crippen LogP contribution in [0.5, 0.6) is 0 Å². The SMILES string of the molecule is CC(C)=CCCC(C)CCOCC#N.CC(C)=CCCC(C)CCOCC(=O)c1ccc(C)cc1. The molecule has 1 aromatic rings. The predicted molar refractivity (Wildman–Crippen MR) is 148 cm³/mol. The van der Waals surface area contributed by atoms with E-state index in [-0.39, 0.29) is 19.0 Å². The summed E-state index contributed by atoms with van der Waals surface area (Å²) < 4.78 is 10.6. The van der Waals surface area contributed by atoms with Crippen molar-refractivity contribution in [3.05, 3.63) is 58.7 Å². The molecule has 0 fully saturated rings. The van der Waals surface area contributed by atoms with E-state index in [1.54, 1.807) is 0 Å². The Bertz CT molecular complexity index is 778. The first-order valence-electron chi connectivity index (χ1n) is 13.0. The van der Waals surface area contributed by atoms with Crippen molar-refractivity contribution >= 4 is 5.78 Å².